The molecule has 1 fully saturated rings. The molecule has 0 aromatic heterocycles. The summed E-state index contributed by atoms with van der Waals surface area (Å²) >= 11 is 0. The number of carbonyl (C=O) groups excluding carboxylic acids is 4. The lowest BCUT2D eigenvalue weighted by Gasteiger charge is -2.27. The van der Waals surface area contributed by atoms with Crippen molar-refractivity contribution in [2.45, 2.75) is 39.2 Å². The first kappa shape index (κ1) is 15.4. The fraction of sp³-hybridized carbons (Fsp3) is 0.412. The molecule has 1 saturated heterocycles. The molecule has 1 unspecified atom stereocenters. The van der Waals surface area contributed by atoms with Crippen LogP contribution in [0.5, 0.6) is 0 Å². The molecule has 4 amide bonds. The molecule has 2 aliphatic rings. The van der Waals surface area contributed by atoms with Gasteiger partial charge >= 0.3 is 0 Å². The summed E-state index contributed by atoms with van der Waals surface area (Å²) in [4.78, 5) is 49.7. The van der Waals surface area contributed by atoms with E-state index in [1.165, 1.54) is 0 Å². The van der Waals surface area contributed by atoms with E-state index < -0.39 is 23.8 Å². The van der Waals surface area contributed by atoms with Crippen LogP contribution in [-0.2, 0) is 16.0 Å². The summed E-state index contributed by atoms with van der Waals surface area (Å²) in [5, 5.41) is 2.20. The smallest absolute Gasteiger partial charge is 0.262 e. The van der Waals surface area contributed by atoms with Crippen LogP contribution in [0.3, 0.4) is 0 Å². The minimum atomic E-state index is -0.910. The van der Waals surface area contributed by atoms with E-state index in [0.29, 0.717) is 23.5 Å². The maximum atomic E-state index is 12.8. The number of nitrogens with one attached hydrogen (secondary N) is 1. The van der Waals surface area contributed by atoms with Crippen LogP contribution in [0.15, 0.2) is 18.2 Å². The fourth-order valence-electron chi connectivity index (χ4n) is 3.19. The van der Waals surface area contributed by atoms with Crippen molar-refractivity contribution in [3.63, 3.8) is 0 Å². The van der Waals surface area contributed by atoms with E-state index in [1.807, 2.05) is 19.9 Å². The third-order valence-electron chi connectivity index (χ3n) is 4.18. The molecule has 1 N–H and O–H groups in total. The molecular weight excluding hydrogens is 296 g/mol. The largest absolute Gasteiger partial charge is 0.295 e. The summed E-state index contributed by atoms with van der Waals surface area (Å²) in [6.07, 6.45) is 0.990. The zero-order chi connectivity index (χ0) is 16.7. The Morgan fingerprint density at radius 2 is 1.91 bits per heavy atom. The normalized spacial score (nSPS) is 21.0. The van der Waals surface area contributed by atoms with Crippen molar-refractivity contribution in [1.82, 2.24) is 10.2 Å². The van der Waals surface area contributed by atoms with Crippen molar-refractivity contribution >= 4 is 23.6 Å². The summed E-state index contributed by atoms with van der Waals surface area (Å²) < 4.78 is 0. The van der Waals surface area contributed by atoms with Crippen LogP contribution >= 0.6 is 0 Å². The lowest BCUT2D eigenvalue weighted by Crippen LogP contribution is -2.54. The van der Waals surface area contributed by atoms with Gasteiger partial charge in [-0.3, -0.25) is 29.4 Å². The zero-order valence-corrected chi connectivity index (χ0v) is 13.1. The first-order valence-corrected chi connectivity index (χ1v) is 7.73. The molecule has 6 heteroatoms. The van der Waals surface area contributed by atoms with Gasteiger partial charge in [-0.2, -0.15) is 0 Å². The molecule has 1 atom stereocenters. The molecule has 0 bridgehead atoms. The lowest BCUT2D eigenvalue weighted by molar-refractivity contribution is -0.136. The summed E-state index contributed by atoms with van der Waals surface area (Å²) in [6, 6.07) is 4.31. The van der Waals surface area contributed by atoms with Crippen LogP contribution in [0.4, 0.5) is 0 Å². The molecule has 1 aromatic carbocycles. The molecule has 2 aliphatic heterocycles. The van der Waals surface area contributed by atoms with Crippen LogP contribution in [0, 0.1) is 5.92 Å². The average Bonchev–Trinajstić information content (AvgIpc) is 2.72. The molecule has 6 nitrogen and oxygen atoms in total. The third kappa shape index (κ3) is 2.54. The first-order chi connectivity index (χ1) is 10.9. The van der Waals surface area contributed by atoms with Crippen molar-refractivity contribution in [2.75, 3.05) is 0 Å². The van der Waals surface area contributed by atoms with Gasteiger partial charge in [-0.1, -0.05) is 26.0 Å². The molecule has 23 heavy (non-hydrogen) atoms. The molecule has 0 saturated carbocycles. The van der Waals surface area contributed by atoms with Gasteiger partial charge in [-0.25, -0.2) is 0 Å². The zero-order valence-electron chi connectivity index (χ0n) is 13.1. The minimum absolute atomic E-state index is 0.128. The second-order valence-electron chi connectivity index (χ2n) is 6.38. The second kappa shape index (κ2) is 5.61. The number of nitrogens with zero attached hydrogens (tertiary/aromatic N) is 1. The number of fused-ring (bicyclic) bond motifs is 1. The van der Waals surface area contributed by atoms with Gasteiger partial charge in [0.15, 0.2) is 0 Å². The van der Waals surface area contributed by atoms with Crippen molar-refractivity contribution in [3.05, 3.63) is 34.9 Å². The highest BCUT2D eigenvalue weighted by atomic mass is 16.2. The molecule has 1 aromatic rings. The van der Waals surface area contributed by atoms with E-state index in [9.17, 15) is 19.2 Å². The van der Waals surface area contributed by atoms with E-state index >= 15 is 0 Å². The monoisotopic (exact) mass is 314 g/mol. The van der Waals surface area contributed by atoms with Gasteiger partial charge in [-0.05, 0) is 30.4 Å². The highest BCUT2D eigenvalue weighted by Gasteiger charge is 2.45. The Bertz CT molecular complexity index is 723. The number of rotatable bonds is 3. The standard InChI is InChI=1S/C17H18N2O4/c1-9(2)8-10-4-3-5-11-14(10)17(23)19(16(11)22)12-6-7-13(20)18-15(12)21/h3-5,9,12H,6-8H2,1-2H3,(H,18,20,21). The number of imide groups is 2. The minimum Gasteiger partial charge on any atom is -0.295 e. The number of carbonyl (C=O) groups is 4. The summed E-state index contributed by atoms with van der Waals surface area (Å²) in [6.45, 7) is 4.08. The van der Waals surface area contributed by atoms with E-state index in [4.69, 9.17) is 0 Å². The van der Waals surface area contributed by atoms with Gasteiger partial charge in [0.25, 0.3) is 11.8 Å². The van der Waals surface area contributed by atoms with E-state index in [1.54, 1.807) is 12.1 Å². The number of piperidine rings is 1. The first-order valence-electron chi connectivity index (χ1n) is 7.73. The Kier molecular flexibility index (Phi) is 3.75. The van der Waals surface area contributed by atoms with Crippen LogP contribution in [0.1, 0.15) is 53.0 Å². The molecule has 0 aliphatic carbocycles. The third-order valence-corrected chi connectivity index (χ3v) is 4.18. The second-order valence-corrected chi connectivity index (χ2v) is 6.38. The van der Waals surface area contributed by atoms with Crippen LogP contribution in [0.25, 0.3) is 0 Å². The van der Waals surface area contributed by atoms with Crippen LogP contribution in [0.2, 0.25) is 0 Å². The van der Waals surface area contributed by atoms with Gasteiger partial charge in [0, 0.05) is 6.42 Å². The number of benzene rings is 1. The number of hydrogen-bond donors (Lipinski definition) is 1. The van der Waals surface area contributed by atoms with Crippen molar-refractivity contribution in [3.8, 4) is 0 Å². The Hall–Kier alpha value is -2.50. The van der Waals surface area contributed by atoms with Crippen molar-refractivity contribution in [2.24, 2.45) is 5.92 Å². The Morgan fingerprint density at radius 3 is 2.57 bits per heavy atom. The quantitative estimate of drug-likeness (QED) is 0.852. The molecular formula is C17H18N2O4. The van der Waals surface area contributed by atoms with E-state index in [2.05, 4.69) is 5.32 Å². The predicted octanol–water partition coefficient (Wildman–Crippen LogP) is 1.29. The molecule has 120 valence electrons. The topological polar surface area (TPSA) is 83.6 Å². The average molecular weight is 314 g/mol. The van der Waals surface area contributed by atoms with Crippen molar-refractivity contribution in [1.29, 1.82) is 0 Å². The van der Waals surface area contributed by atoms with Crippen LogP contribution < -0.4 is 5.32 Å². The summed E-state index contributed by atoms with van der Waals surface area (Å²) in [7, 11) is 0. The molecule has 0 radical (unpaired) electrons. The van der Waals surface area contributed by atoms with Gasteiger partial charge in [0.2, 0.25) is 11.8 Å². The van der Waals surface area contributed by atoms with Crippen LogP contribution in [-0.4, -0.2) is 34.6 Å². The molecule has 2 heterocycles. The van der Waals surface area contributed by atoms with E-state index in [-0.39, 0.29) is 18.7 Å². The lowest BCUT2D eigenvalue weighted by atomic mass is 9.95. The van der Waals surface area contributed by atoms with Gasteiger partial charge in [0.05, 0.1) is 11.1 Å². The summed E-state index contributed by atoms with van der Waals surface area (Å²) in [5.41, 5.74) is 1.57. The summed E-state index contributed by atoms with van der Waals surface area (Å²) in [5.74, 6) is -1.50. The van der Waals surface area contributed by atoms with Gasteiger partial charge < -0.3 is 0 Å². The fourth-order valence-corrected chi connectivity index (χ4v) is 3.19. The highest BCUT2D eigenvalue weighted by Crippen LogP contribution is 2.30. The Balaban J connectivity index is 1.98. The predicted molar refractivity (Wildman–Crippen MR) is 81.7 cm³/mol. The maximum Gasteiger partial charge on any atom is 0.262 e. The van der Waals surface area contributed by atoms with Gasteiger partial charge in [-0.15, -0.1) is 0 Å². The van der Waals surface area contributed by atoms with E-state index in [0.717, 1.165) is 10.5 Å². The number of amides is 4. The Morgan fingerprint density at radius 1 is 1.17 bits per heavy atom. The number of hydrogen-bond acceptors (Lipinski definition) is 4. The van der Waals surface area contributed by atoms with Crippen molar-refractivity contribution < 1.29 is 19.2 Å². The SMILES string of the molecule is CC(C)Cc1cccc2c1C(=O)N(C1CCC(=O)NC1=O)C2=O. The molecule has 0 spiro atoms. The highest BCUT2D eigenvalue weighted by molar-refractivity contribution is 6.24. The Labute approximate surface area is 133 Å². The van der Waals surface area contributed by atoms with Gasteiger partial charge in [0.1, 0.15) is 6.04 Å². The maximum absolute atomic E-state index is 12.8. The molecule has 3 rings (SSSR count).